The Labute approximate surface area is 80.8 Å². The van der Waals surface area contributed by atoms with E-state index < -0.39 is 23.5 Å². The summed E-state index contributed by atoms with van der Waals surface area (Å²) < 4.78 is 25.9. The molecule has 0 heterocycles. The Morgan fingerprint density at radius 3 is 2.14 bits per heavy atom. The Balaban J connectivity index is 4.70. The summed E-state index contributed by atoms with van der Waals surface area (Å²) in [6.45, 7) is 2.91. The number of hydrogen-bond acceptors (Lipinski definition) is 3. The van der Waals surface area contributed by atoms with Crippen LogP contribution in [0.3, 0.4) is 0 Å². The second-order valence-corrected chi connectivity index (χ2v) is 3.70. The fraction of sp³-hybridized carbons (Fsp3) is 0.750. The third-order valence-electron chi connectivity index (χ3n) is 2.26. The second kappa shape index (κ2) is 3.89. The molecule has 3 N–H and O–H groups in total. The van der Waals surface area contributed by atoms with Crippen molar-refractivity contribution in [3.8, 4) is 0 Å². The monoisotopic (exact) mass is 208 g/mol. The second-order valence-electron chi connectivity index (χ2n) is 3.70. The van der Waals surface area contributed by atoms with Crippen molar-refractivity contribution in [3.63, 3.8) is 0 Å². The van der Waals surface area contributed by atoms with E-state index in [0.29, 0.717) is 6.92 Å². The van der Waals surface area contributed by atoms with Gasteiger partial charge in [-0.15, -0.1) is 0 Å². The van der Waals surface area contributed by atoms with E-state index >= 15 is 0 Å². The fourth-order valence-corrected chi connectivity index (χ4v) is 0.666. The SMILES string of the molecule is CC(F)(F)C(C)(C)C(=O)CC(N)=NO. The molecular weight excluding hydrogens is 194 g/mol. The van der Waals surface area contributed by atoms with Gasteiger partial charge in [-0.05, 0) is 13.8 Å². The average molecular weight is 208 g/mol. The minimum atomic E-state index is -3.14. The fourth-order valence-electron chi connectivity index (χ4n) is 0.666. The highest BCUT2D eigenvalue weighted by Crippen LogP contribution is 2.37. The maximum atomic E-state index is 12.9. The van der Waals surface area contributed by atoms with Crippen LogP contribution < -0.4 is 5.73 Å². The number of hydrogen-bond donors (Lipinski definition) is 2. The minimum absolute atomic E-state index is 0.368. The number of amidine groups is 1. The molecule has 0 unspecified atom stereocenters. The maximum Gasteiger partial charge on any atom is 0.257 e. The summed E-state index contributed by atoms with van der Waals surface area (Å²) >= 11 is 0. The highest BCUT2D eigenvalue weighted by molar-refractivity contribution is 6.02. The summed E-state index contributed by atoms with van der Waals surface area (Å²) in [5.74, 6) is -4.27. The zero-order chi connectivity index (χ0) is 11.6. The number of rotatable bonds is 4. The first-order valence-corrected chi connectivity index (χ1v) is 4.00. The summed E-state index contributed by atoms with van der Waals surface area (Å²) in [6, 6.07) is 0. The van der Waals surface area contributed by atoms with E-state index in [2.05, 4.69) is 5.16 Å². The van der Waals surface area contributed by atoms with Gasteiger partial charge in [0.15, 0.2) is 5.78 Å². The average Bonchev–Trinajstić information content (AvgIpc) is 2.01. The van der Waals surface area contributed by atoms with Gasteiger partial charge in [0.2, 0.25) is 0 Å². The molecule has 0 spiro atoms. The van der Waals surface area contributed by atoms with E-state index in [4.69, 9.17) is 10.9 Å². The Bertz CT molecular complexity index is 257. The first-order valence-electron chi connectivity index (χ1n) is 4.00. The Hall–Kier alpha value is -1.20. The predicted molar refractivity (Wildman–Crippen MR) is 47.4 cm³/mol. The highest BCUT2D eigenvalue weighted by atomic mass is 19.3. The summed E-state index contributed by atoms with van der Waals surface area (Å²) in [5.41, 5.74) is 3.23. The van der Waals surface area contributed by atoms with Crippen LogP contribution in [0.2, 0.25) is 0 Å². The molecule has 82 valence electrons. The van der Waals surface area contributed by atoms with Crippen LogP contribution in [0.1, 0.15) is 27.2 Å². The van der Waals surface area contributed by atoms with Crippen LogP contribution in [0.5, 0.6) is 0 Å². The van der Waals surface area contributed by atoms with Gasteiger partial charge < -0.3 is 10.9 Å². The van der Waals surface area contributed by atoms with Crippen LogP contribution in [-0.2, 0) is 4.79 Å². The van der Waals surface area contributed by atoms with Gasteiger partial charge in [0.05, 0.1) is 11.8 Å². The number of ketones is 1. The molecule has 0 saturated heterocycles. The van der Waals surface area contributed by atoms with Gasteiger partial charge in [-0.25, -0.2) is 8.78 Å². The molecule has 4 nitrogen and oxygen atoms in total. The first kappa shape index (κ1) is 12.8. The lowest BCUT2D eigenvalue weighted by atomic mass is 9.80. The van der Waals surface area contributed by atoms with E-state index in [1.807, 2.05) is 0 Å². The summed E-state index contributed by atoms with van der Waals surface area (Å²) in [4.78, 5) is 11.3. The molecule has 0 bridgehead atoms. The lowest BCUT2D eigenvalue weighted by molar-refractivity contribution is -0.147. The van der Waals surface area contributed by atoms with E-state index in [1.54, 1.807) is 0 Å². The van der Waals surface area contributed by atoms with Crippen LogP contribution in [0, 0.1) is 5.41 Å². The van der Waals surface area contributed by atoms with Crippen molar-refractivity contribution in [1.82, 2.24) is 0 Å². The molecule has 0 rings (SSSR count). The van der Waals surface area contributed by atoms with Crippen molar-refractivity contribution in [2.75, 3.05) is 0 Å². The summed E-state index contributed by atoms with van der Waals surface area (Å²) in [5, 5.41) is 10.7. The lowest BCUT2D eigenvalue weighted by Gasteiger charge is -2.29. The predicted octanol–water partition coefficient (Wildman–Crippen LogP) is 1.37. The van der Waals surface area contributed by atoms with E-state index in [-0.39, 0.29) is 5.84 Å². The first-order chi connectivity index (χ1) is 6.13. The highest BCUT2D eigenvalue weighted by Gasteiger charge is 2.47. The van der Waals surface area contributed by atoms with Crippen LogP contribution in [0.15, 0.2) is 5.16 Å². The summed E-state index contributed by atoms with van der Waals surface area (Å²) in [7, 11) is 0. The molecular formula is C8H14F2N2O2. The molecule has 0 aromatic rings. The molecule has 0 fully saturated rings. The third-order valence-corrected chi connectivity index (χ3v) is 2.26. The van der Waals surface area contributed by atoms with Gasteiger partial charge in [0, 0.05) is 6.92 Å². The van der Waals surface area contributed by atoms with E-state index in [9.17, 15) is 13.6 Å². The number of Topliss-reactive ketones (excluding diaryl/α,β-unsaturated/α-hetero) is 1. The van der Waals surface area contributed by atoms with Crippen molar-refractivity contribution in [1.29, 1.82) is 0 Å². The normalized spacial score (nSPS) is 14.2. The zero-order valence-electron chi connectivity index (χ0n) is 8.34. The third kappa shape index (κ3) is 2.65. The zero-order valence-corrected chi connectivity index (χ0v) is 8.34. The molecule has 0 saturated carbocycles. The Morgan fingerprint density at radius 2 is 1.86 bits per heavy atom. The van der Waals surface area contributed by atoms with Crippen molar-refractivity contribution in [2.45, 2.75) is 33.1 Å². The van der Waals surface area contributed by atoms with Gasteiger partial charge >= 0.3 is 0 Å². The van der Waals surface area contributed by atoms with Gasteiger partial charge in [0.25, 0.3) is 5.92 Å². The van der Waals surface area contributed by atoms with Crippen LogP contribution in [-0.4, -0.2) is 22.7 Å². The molecule has 0 amide bonds. The molecule has 14 heavy (non-hydrogen) atoms. The molecule has 0 radical (unpaired) electrons. The smallest absolute Gasteiger partial charge is 0.257 e. The molecule has 0 aromatic carbocycles. The number of oxime groups is 1. The van der Waals surface area contributed by atoms with Gasteiger partial charge in [-0.3, -0.25) is 4.79 Å². The van der Waals surface area contributed by atoms with E-state index in [0.717, 1.165) is 13.8 Å². The van der Waals surface area contributed by atoms with Crippen molar-refractivity contribution in [2.24, 2.45) is 16.3 Å². The molecule has 0 aliphatic carbocycles. The van der Waals surface area contributed by atoms with Crippen LogP contribution in [0.4, 0.5) is 8.78 Å². The van der Waals surface area contributed by atoms with Crippen molar-refractivity contribution < 1.29 is 18.8 Å². The number of carbonyl (C=O) groups is 1. The minimum Gasteiger partial charge on any atom is -0.409 e. The maximum absolute atomic E-state index is 12.9. The number of halogens is 2. The van der Waals surface area contributed by atoms with Gasteiger partial charge in [-0.1, -0.05) is 5.16 Å². The largest absolute Gasteiger partial charge is 0.409 e. The quantitative estimate of drug-likeness (QED) is 0.317. The number of nitrogens with zero attached hydrogens (tertiary/aromatic N) is 1. The van der Waals surface area contributed by atoms with E-state index in [1.165, 1.54) is 0 Å². The topological polar surface area (TPSA) is 75.7 Å². The number of alkyl halides is 2. The lowest BCUT2D eigenvalue weighted by Crippen LogP contribution is -2.42. The molecule has 0 aliphatic heterocycles. The van der Waals surface area contributed by atoms with Crippen molar-refractivity contribution >= 4 is 11.6 Å². The number of carbonyl (C=O) groups excluding carboxylic acids is 1. The Kier molecular flexibility index (Phi) is 3.56. The van der Waals surface area contributed by atoms with Crippen LogP contribution in [0.25, 0.3) is 0 Å². The van der Waals surface area contributed by atoms with Crippen LogP contribution >= 0.6 is 0 Å². The number of nitrogens with two attached hydrogens (primary N) is 1. The summed E-state index contributed by atoms with van der Waals surface area (Å²) in [6.07, 6.45) is -0.479. The molecule has 6 heteroatoms. The molecule has 0 aromatic heterocycles. The molecule has 0 atom stereocenters. The standard InChI is InChI=1S/C8H14F2N2O2/c1-7(2,8(3,9)10)5(13)4-6(11)12-14/h14H,4H2,1-3H3,(H2,11,12). The van der Waals surface area contributed by atoms with Crippen molar-refractivity contribution in [3.05, 3.63) is 0 Å². The van der Waals surface area contributed by atoms with Gasteiger partial charge in [0.1, 0.15) is 5.84 Å². The van der Waals surface area contributed by atoms with Gasteiger partial charge in [-0.2, -0.15) is 0 Å². The molecule has 0 aliphatic rings. The Morgan fingerprint density at radius 1 is 1.43 bits per heavy atom.